The molecule has 0 atom stereocenters. The second-order valence-electron chi connectivity index (χ2n) is 3.28. The Morgan fingerprint density at radius 2 is 2.18 bits per heavy atom. The van der Waals surface area contributed by atoms with Crippen molar-refractivity contribution < 1.29 is 14.4 Å². The maximum atomic E-state index is 11.0. The molecule has 0 spiro atoms. The Kier molecular flexibility index (Phi) is 5.22. The number of anilines is 1. The SMILES string of the molecule is CCNc1cccc(OCCOC)c1[N+](=O)[O-]. The quantitative estimate of drug-likeness (QED) is 0.448. The van der Waals surface area contributed by atoms with Gasteiger partial charge in [0.1, 0.15) is 12.3 Å². The minimum absolute atomic E-state index is 0.0366. The molecule has 94 valence electrons. The van der Waals surface area contributed by atoms with Gasteiger partial charge in [0.15, 0.2) is 5.75 Å². The van der Waals surface area contributed by atoms with Crippen LogP contribution >= 0.6 is 0 Å². The first-order valence-electron chi connectivity index (χ1n) is 5.33. The van der Waals surface area contributed by atoms with Crippen molar-refractivity contribution in [1.29, 1.82) is 0 Å². The van der Waals surface area contributed by atoms with Gasteiger partial charge in [-0.1, -0.05) is 6.07 Å². The van der Waals surface area contributed by atoms with Crippen LogP contribution in [0.2, 0.25) is 0 Å². The number of hydrogen-bond donors (Lipinski definition) is 1. The molecule has 0 aliphatic heterocycles. The Balaban J connectivity index is 2.94. The molecule has 0 aliphatic carbocycles. The topological polar surface area (TPSA) is 73.6 Å². The molecular weight excluding hydrogens is 224 g/mol. The lowest BCUT2D eigenvalue weighted by Gasteiger charge is -2.09. The second kappa shape index (κ2) is 6.70. The summed E-state index contributed by atoms with van der Waals surface area (Å²) < 4.78 is 10.2. The Bertz CT molecular complexity index is 382. The summed E-state index contributed by atoms with van der Waals surface area (Å²) >= 11 is 0. The Labute approximate surface area is 99.7 Å². The highest BCUT2D eigenvalue weighted by atomic mass is 16.6. The van der Waals surface area contributed by atoms with E-state index in [4.69, 9.17) is 9.47 Å². The number of benzene rings is 1. The zero-order valence-electron chi connectivity index (χ0n) is 9.93. The molecule has 0 amide bonds. The molecule has 0 fully saturated rings. The molecule has 0 saturated heterocycles. The lowest BCUT2D eigenvalue weighted by Crippen LogP contribution is -2.08. The highest BCUT2D eigenvalue weighted by molar-refractivity contribution is 5.68. The molecule has 0 heterocycles. The number of nitro benzene ring substituents is 1. The number of hydrogen-bond acceptors (Lipinski definition) is 5. The van der Waals surface area contributed by atoms with E-state index in [-0.39, 0.29) is 18.0 Å². The van der Waals surface area contributed by atoms with Crippen LogP contribution in [0.4, 0.5) is 11.4 Å². The van der Waals surface area contributed by atoms with E-state index in [1.807, 2.05) is 6.92 Å². The van der Waals surface area contributed by atoms with E-state index >= 15 is 0 Å². The van der Waals surface area contributed by atoms with E-state index < -0.39 is 4.92 Å². The van der Waals surface area contributed by atoms with Crippen molar-refractivity contribution in [2.75, 3.05) is 32.2 Å². The van der Waals surface area contributed by atoms with Crippen LogP contribution in [0.25, 0.3) is 0 Å². The number of methoxy groups -OCH3 is 1. The smallest absolute Gasteiger partial charge is 0.333 e. The first-order valence-corrected chi connectivity index (χ1v) is 5.33. The summed E-state index contributed by atoms with van der Waals surface area (Å²) in [4.78, 5) is 10.6. The molecule has 0 aromatic heterocycles. The zero-order chi connectivity index (χ0) is 12.7. The molecule has 1 N–H and O–H groups in total. The molecule has 0 unspecified atom stereocenters. The molecule has 1 aromatic carbocycles. The fourth-order valence-electron chi connectivity index (χ4n) is 1.40. The van der Waals surface area contributed by atoms with E-state index in [1.54, 1.807) is 25.3 Å². The summed E-state index contributed by atoms with van der Waals surface area (Å²) in [5.74, 6) is 0.255. The normalized spacial score (nSPS) is 10.0. The van der Waals surface area contributed by atoms with Crippen LogP contribution in [0.15, 0.2) is 18.2 Å². The summed E-state index contributed by atoms with van der Waals surface area (Å²) in [6.45, 7) is 3.17. The number of nitrogens with one attached hydrogen (secondary N) is 1. The fraction of sp³-hybridized carbons (Fsp3) is 0.455. The Morgan fingerprint density at radius 1 is 1.41 bits per heavy atom. The zero-order valence-corrected chi connectivity index (χ0v) is 9.93. The maximum Gasteiger partial charge on any atom is 0.333 e. The van der Waals surface area contributed by atoms with Crippen molar-refractivity contribution in [3.8, 4) is 5.75 Å². The van der Waals surface area contributed by atoms with Gasteiger partial charge in [-0.3, -0.25) is 10.1 Å². The molecular formula is C11H16N2O4. The lowest BCUT2D eigenvalue weighted by atomic mass is 10.2. The maximum absolute atomic E-state index is 11.0. The van der Waals surface area contributed by atoms with Gasteiger partial charge in [0.2, 0.25) is 0 Å². The van der Waals surface area contributed by atoms with Gasteiger partial charge in [-0.25, -0.2) is 0 Å². The average molecular weight is 240 g/mol. The van der Waals surface area contributed by atoms with Crippen LogP contribution in [-0.2, 0) is 4.74 Å². The third kappa shape index (κ3) is 3.60. The highest BCUT2D eigenvalue weighted by Gasteiger charge is 2.20. The van der Waals surface area contributed by atoms with Crippen molar-refractivity contribution in [3.05, 3.63) is 28.3 Å². The Morgan fingerprint density at radius 3 is 2.76 bits per heavy atom. The lowest BCUT2D eigenvalue weighted by molar-refractivity contribution is -0.385. The van der Waals surface area contributed by atoms with Crippen molar-refractivity contribution in [3.63, 3.8) is 0 Å². The van der Waals surface area contributed by atoms with Gasteiger partial charge >= 0.3 is 5.69 Å². The highest BCUT2D eigenvalue weighted by Crippen LogP contribution is 2.34. The molecule has 0 saturated carbocycles. The summed E-state index contributed by atoms with van der Waals surface area (Å²) in [5, 5.41) is 13.9. The third-order valence-corrected chi connectivity index (χ3v) is 2.09. The number of nitro groups is 1. The van der Waals surface area contributed by atoms with Gasteiger partial charge in [0, 0.05) is 13.7 Å². The van der Waals surface area contributed by atoms with Gasteiger partial charge in [-0.15, -0.1) is 0 Å². The van der Waals surface area contributed by atoms with Crippen LogP contribution in [0.1, 0.15) is 6.92 Å². The van der Waals surface area contributed by atoms with Gasteiger partial charge in [0.05, 0.1) is 11.5 Å². The average Bonchev–Trinajstić information content (AvgIpc) is 2.29. The van der Waals surface area contributed by atoms with E-state index in [2.05, 4.69) is 5.32 Å². The molecule has 1 aromatic rings. The molecule has 0 aliphatic rings. The molecule has 17 heavy (non-hydrogen) atoms. The van der Waals surface area contributed by atoms with Crippen LogP contribution < -0.4 is 10.1 Å². The van der Waals surface area contributed by atoms with Crippen molar-refractivity contribution in [2.45, 2.75) is 6.92 Å². The molecule has 6 nitrogen and oxygen atoms in total. The summed E-state index contributed by atoms with van der Waals surface area (Å²) in [7, 11) is 1.55. The van der Waals surface area contributed by atoms with Crippen LogP contribution in [-0.4, -0.2) is 31.8 Å². The monoisotopic (exact) mass is 240 g/mol. The molecule has 0 bridgehead atoms. The van der Waals surface area contributed by atoms with E-state index in [0.717, 1.165) is 0 Å². The molecule has 6 heteroatoms. The van der Waals surface area contributed by atoms with Crippen molar-refractivity contribution >= 4 is 11.4 Å². The van der Waals surface area contributed by atoms with Crippen molar-refractivity contribution in [1.82, 2.24) is 0 Å². The number of ether oxygens (including phenoxy) is 2. The number of para-hydroxylation sites is 1. The number of rotatable bonds is 7. The fourth-order valence-corrected chi connectivity index (χ4v) is 1.40. The van der Waals surface area contributed by atoms with Crippen molar-refractivity contribution in [2.24, 2.45) is 0 Å². The Hall–Kier alpha value is -1.82. The van der Waals surface area contributed by atoms with E-state index in [1.165, 1.54) is 0 Å². The van der Waals surface area contributed by atoms with E-state index in [0.29, 0.717) is 18.8 Å². The summed E-state index contributed by atoms with van der Waals surface area (Å²) in [6, 6.07) is 4.95. The summed E-state index contributed by atoms with van der Waals surface area (Å²) in [6.07, 6.45) is 0. The van der Waals surface area contributed by atoms with E-state index in [9.17, 15) is 10.1 Å². The second-order valence-corrected chi connectivity index (χ2v) is 3.28. The molecule has 1 rings (SSSR count). The molecule has 0 radical (unpaired) electrons. The minimum Gasteiger partial charge on any atom is -0.484 e. The van der Waals surface area contributed by atoms with Crippen LogP contribution in [0.3, 0.4) is 0 Å². The predicted molar refractivity (Wildman–Crippen MR) is 64.6 cm³/mol. The van der Waals surface area contributed by atoms with Crippen LogP contribution in [0.5, 0.6) is 5.75 Å². The largest absolute Gasteiger partial charge is 0.484 e. The van der Waals surface area contributed by atoms with Gasteiger partial charge < -0.3 is 14.8 Å². The first kappa shape index (κ1) is 13.2. The van der Waals surface area contributed by atoms with Gasteiger partial charge in [0.25, 0.3) is 0 Å². The predicted octanol–water partition coefficient (Wildman–Crippen LogP) is 2.05. The van der Waals surface area contributed by atoms with Gasteiger partial charge in [-0.05, 0) is 19.1 Å². The van der Waals surface area contributed by atoms with Crippen LogP contribution in [0, 0.1) is 10.1 Å². The van der Waals surface area contributed by atoms with Gasteiger partial charge in [-0.2, -0.15) is 0 Å². The standard InChI is InChI=1S/C11H16N2O4/c1-3-12-9-5-4-6-10(11(9)13(14)15)17-8-7-16-2/h4-6,12H,3,7-8H2,1-2H3. The minimum atomic E-state index is -0.444. The first-order chi connectivity index (χ1) is 8.20. The third-order valence-electron chi connectivity index (χ3n) is 2.09. The summed E-state index contributed by atoms with van der Waals surface area (Å²) in [5.41, 5.74) is 0.429. The number of nitrogens with zero attached hydrogens (tertiary/aromatic N) is 1.